The number of nitrogens with zero attached hydrogens (tertiary/aromatic N) is 1. The fraction of sp³-hybridized carbons (Fsp3) is 0.667. The van der Waals surface area contributed by atoms with Crippen molar-refractivity contribution in [3.05, 3.63) is 24.3 Å². The summed E-state index contributed by atoms with van der Waals surface area (Å²) in [5.74, 6) is 1.66. The van der Waals surface area contributed by atoms with Gasteiger partial charge in [-0.05, 0) is 49.4 Å². The standard InChI is InChI=1S/C18H30N2O/c1-15(2)14-20(17-6-3-4-7-17)12-5-13-21-18-10-8-16(19)9-11-18/h8-11,15,17H,3-7,12-14,19H2,1-2H3. The van der Waals surface area contributed by atoms with Gasteiger partial charge < -0.3 is 15.4 Å². The largest absolute Gasteiger partial charge is 0.494 e. The molecule has 118 valence electrons. The number of nitrogen functional groups attached to an aromatic ring is 1. The molecule has 0 atom stereocenters. The second-order valence-electron chi connectivity index (χ2n) is 6.60. The lowest BCUT2D eigenvalue weighted by Gasteiger charge is -2.30. The summed E-state index contributed by atoms with van der Waals surface area (Å²) >= 11 is 0. The molecule has 1 fully saturated rings. The van der Waals surface area contributed by atoms with Crippen molar-refractivity contribution in [1.82, 2.24) is 4.90 Å². The van der Waals surface area contributed by atoms with Crippen LogP contribution in [-0.2, 0) is 0 Å². The molecule has 1 aromatic rings. The van der Waals surface area contributed by atoms with E-state index >= 15 is 0 Å². The van der Waals surface area contributed by atoms with Gasteiger partial charge in [-0.1, -0.05) is 26.7 Å². The summed E-state index contributed by atoms with van der Waals surface area (Å²) < 4.78 is 5.80. The molecule has 3 nitrogen and oxygen atoms in total. The van der Waals surface area contributed by atoms with E-state index in [1.165, 1.54) is 32.2 Å². The second kappa shape index (κ2) is 8.28. The fourth-order valence-corrected chi connectivity index (χ4v) is 3.18. The Balaban J connectivity index is 1.72. The molecule has 3 heteroatoms. The van der Waals surface area contributed by atoms with Gasteiger partial charge in [-0.25, -0.2) is 0 Å². The van der Waals surface area contributed by atoms with E-state index in [9.17, 15) is 0 Å². The van der Waals surface area contributed by atoms with Gasteiger partial charge in [0.05, 0.1) is 6.61 Å². The topological polar surface area (TPSA) is 38.5 Å². The Morgan fingerprint density at radius 2 is 1.86 bits per heavy atom. The zero-order valence-corrected chi connectivity index (χ0v) is 13.6. The van der Waals surface area contributed by atoms with E-state index in [1.54, 1.807) is 0 Å². The molecule has 0 saturated heterocycles. The average Bonchev–Trinajstić information content (AvgIpc) is 2.98. The van der Waals surface area contributed by atoms with Crippen LogP contribution in [0.4, 0.5) is 5.69 Å². The monoisotopic (exact) mass is 290 g/mol. The number of anilines is 1. The van der Waals surface area contributed by atoms with Crippen LogP contribution in [-0.4, -0.2) is 30.6 Å². The third-order valence-corrected chi connectivity index (χ3v) is 4.18. The van der Waals surface area contributed by atoms with Crippen LogP contribution in [0.3, 0.4) is 0 Å². The first kappa shape index (κ1) is 16.2. The highest BCUT2D eigenvalue weighted by atomic mass is 16.5. The summed E-state index contributed by atoms with van der Waals surface area (Å²) in [6.45, 7) is 7.77. The number of hydrogen-bond donors (Lipinski definition) is 1. The highest BCUT2D eigenvalue weighted by Gasteiger charge is 2.22. The van der Waals surface area contributed by atoms with Crippen molar-refractivity contribution in [2.45, 2.75) is 52.0 Å². The highest BCUT2D eigenvalue weighted by Crippen LogP contribution is 2.24. The van der Waals surface area contributed by atoms with Crippen LogP contribution in [0.25, 0.3) is 0 Å². The van der Waals surface area contributed by atoms with Crippen LogP contribution in [0.1, 0.15) is 46.0 Å². The Labute approximate surface area is 129 Å². The van der Waals surface area contributed by atoms with Gasteiger partial charge in [0.15, 0.2) is 0 Å². The fourth-order valence-electron chi connectivity index (χ4n) is 3.18. The van der Waals surface area contributed by atoms with Crippen LogP contribution < -0.4 is 10.5 Å². The normalized spacial score (nSPS) is 16.0. The molecule has 1 aromatic carbocycles. The zero-order chi connectivity index (χ0) is 15.1. The maximum absolute atomic E-state index is 5.80. The van der Waals surface area contributed by atoms with Gasteiger partial charge in [-0.3, -0.25) is 0 Å². The molecule has 1 aliphatic rings. The van der Waals surface area contributed by atoms with Crippen LogP contribution in [0.5, 0.6) is 5.75 Å². The van der Waals surface area contributed by atoms with Crippen LogP contribution in [0, 0.1) is 5.92 Å². The van der Waals surface area contributed by atoms with Crippen LogP contribution in [0.2, 0.25) is 0 Å². The first-order chi connectivity index (χ1) is 10.1. The van der Waals surface area contributed by atoms with Crippen molar-refractivity contribution < 1.29 is 4.74 Å². The smallest absolute Gasteiger partial charge is 0.119 e. The van der Waals surface area contributed by atoms with Crippen molar-refractivity contribution in [3.8, 4) is 5.75 Å². The lowest BCUT2D eigenvalue weighted by atomic mass is 10.1. The Morgan fingerprint density at radius 3 is 2.48 bits per heavy atom. The molecule has 2 N–H and O–H groups in total. The Bertz CT molecular complexity index is 396. The summed E-state index contributed by atoms with van der Waals surface area (Å²) in [4.78, 5) is 2.68. The van der Waals surface area contributed by atoms with Gasteiger partial charge in [-0.15, -0.1) is 0 Å². The molecule has 0 unspecified atom stereocenters. The molecular weight excluding hydrogens is 260 g/mol. The van der Waals surface area contributed by atoms with Gasteiger partial charge >= 0.3 is 0 Å². The molecule has 1 aliphatic carbocycles. The molecule has 2 rings (SSSR count). The van der Waals surface area contributed by atoms with Crippen molar-refractivity contribution in [1.29, 1.82) is 0 Å². The molecular formula is C18H30N2O. The van der Waals surface area contributed by atoms with Crippen molar-refractivity contribution in [2.75, 3.05) is 25.4 Å². The summed E-state index contributed by atoms with van der Waals surface area (Å²) in [5.41, 5.74) is 6.46. The first-order valence-electron chi connectivity index (χ1n) is 8.37. The van der Waals surface area contributed by atoms with E-state index < -0.39 is 0 Å². The van der Waals surface area contributed by atoms with E-state index in [0.29, 0.717) is 0 Å². The van der Waals surface area contributed by atoms with Gasteiger partial charge in [0.2, 0.25) is 0 Å². The van der Waals surface area contributed by atoms with E-state index in [-0.39, 0.29) is 0 Å². The molecule has 0 aliphatic heterocycles. The quantitative estimate of drug-likeness (QED) is 0.582. The maximum atomic E-state index is 5.80. The number of rotatable bonds is 8. The predicted octanol–water partition coefficient (Wildman–Crippen LogP) is 3.94. The summed E-state index contributed by atoms with van der Waals surface area (Å²) in [6.07, 6.45) is 6.66. The highest BCUT2D eigenvalue weighted by molar-refractivity contribution is 5.41. The lowest BCUT2D eigenvalue weighted by Crippen LogP contribution is -2.37. The molecule has 0 radical (unpaired) electrons. The summed E-state index contributed by atoms with van der Waals surface area (Å²) in [7, 11) is 0. The number of benzene rings is 1. The Morgan fingerprint density at radius 1 is 1.19 bits per heavy atom. The number of nitrogens with two attached hydrogens (primary N) is 1. The summed E-state index contributed by atoms with van der Waals surface area (Å²) in [6, 6.07) is 8.47. The minimum absolute atomic E-state index is 0.739. The third kappa shape index (κ3) is 5.58. The SMILES string of the molecule is CC(C)CN(CCCOc1ccc(N)cc1)C1CCCC1. The van der Waals surface area contributed by atoms with Crippen LogP contribution in [0.15, 0.2) is 24.3 Å². The minimum Gasteiger partial charge on any atom is -0.494 e. The number of ether oxygens (including phenoxy) is 1. The van der Waals surface area contributed by atoms with Gasteiger partial charge in [-0.2, -0.15) is 0 Å². The second-order valence-corrected chi connectivity index (χ2v) is 6.60. The van der Waals surface area contributed by atoms with Crippen LogP contribution >= 0.6 is 0 Å². The Kier molecular flexibility index (Phi) is 6.37. The minimum atomic E-state index is 0.739. The Hall–Kier alpha value is -1.22. The molecule has 1 saturated carbocycles. The molecule has 21 heavy (non-hydrogen) atoms. The average molecular weight is 290 g/mol. The van der Waals surface area contributed by atoms with Gasteiger partial charge in [0.25, 0.3) is 0 Å². The van der Waals surface area contributed by atoms with E-state index in [2.05, 4.69) is 18.7 Å². The zero-order valence-electron chi connectivity index (χ0n) is 13.6. The van der Waals surface area contributed by atoms with E-state index in [1.807, 2.05) is 24.3 Å². The predicted molar refractivity (Wildman–Crippen MR) is 89.6 cm³/mol. The van der Waals surface area contributed by atoms with E-state index in [0.717, 1.165) is 43.0 Å². The van der Waals surface area contributed by atoms with Gasteiger partial charge in [0.1, 0.15) is 5.75 Å². The maximum Gasteiger partial charge on any atom is 0.119 e. The molecule has 0 heterocycles. The first-order valence-corrected chi connectivity index (χ1v) is 8.37. The third-order valence-electron chi connectivity index (χ3n) is 4.18. The van der Waals surface area contributed by atoms with Crippen molar-refractivity contribution in [3.63, 3.8) is 0 Å². The molecule has 0 aromatic heterocycles. The van der Waals surface area contributed by atoms with Gasteiger partial charge in [0, 0.05) is 24.8 Å². The number of hydrogen-bond acceptors (Lipinski definition) is 3. The lowest BCUT2D eigenvalue weighted by molar-refractivity contribution is 0.162. The van der Waals surface area contributed by atoms with Crippen molar-refractivity contribution in [2.24, 2.45) is 5.92 Å². The van der Waals surface area contributed by atoms with Crippen molar-refractivity contribution >= 4 is 5.69 Å². The van der Waals surface area contributed by atoms with E-state index in [4.69, 9.17) is 10.5 Å². The molecule has 0 bridgehead atoms. The summed E-state index contributed by atoms with van der Waals surface area (Å²) in [5, 5.41) is 0. The molecule has 0 spiro atoms. The molecule has 0 amide bonds.